The highest BCUT2D eigenvalue weighted by Gasteiger charge is 2.35. The molecule has 7 nitrogen and oxygen atoms in total. The lowest BCUT2D eigenvalue weighted by molar-refractivity contribution is -0.144. The fourth-order valence-electron chi connectivity index (χ4n) is 1.72. The van der Waals surface area contributed by atoms with Gasteiger partial charge in [0.2, 0.25) is 12.0 Å². The number of carboxylic acids is 1. The SMILES string of the molecule is O=C(O)C1=C[C@H](O)[C@@H](O)C(NC(=O)c2ccccc2)O1. The Morgan fingerprint density at radius 3 is 2.40 bits per heavy atom. The van der Waals surface area contributed by atoms with Gasteiger partial charge in [0.05, 0.1) is 0 Å². The molecule has 0 aromatic heterocycles. The Hall–Kier alpha value is -2.38. The van der Waals surface area contributed by atoms with Crippen LogP contribution in [0.5, 0.6) is 0 Å². The number of carbonyl (C=O) groups is 2. The Morgan fingerprint density at radius 1 is 1.15 bits per heavy atom. The van der Waals surface area contributed by atoms with Crippen LogP contribution in [0.2, 0.25) is 0 Å². The van der Waals surface area contributed by atoms with E-state index in [1.807, 2.05) is 0 Å². The molecule has 0 aliphatic carbocycles. The average molecular weight is 279 g/mol. The summed E-state index contributed by atoms with van der Waals surface area (Å²) in [6.45, 7) is 0. The van der Waals surface area contributed by atoms with Gasteiger partial charge in [-0.1, -0.05) is 18.2 Å². The first-order chi connectivity index (χ1) is 9.49. The van der Waals surface area contributed by atoms with E-state index < -0.39 is 36.1 Å². The maximum absolute atomic E-state index is 11.9. The number of aliphatic hydroxyl groups is 2. The Kier molecular flexibility index (Phi) is 4.02. The van der Waals surface area contributed by atoms with E-state index in [2.05, 4.69) is 5.32 Å². The van der Waals surface area contributed by atoms with Crippen molar-refractivity contribution >= 4 is 11.9 Å². The minimum absolute atomic E-state index is 0.323. The molecule has 20 heavy (non-hydrogen) atoms. The van der Waals surface area contributed by atoms with E-state index in [4.69, 9.17) is 9.84 Å². The number of aliphatic carboxylic acids is 1. The van der Waals surface area contributed by atoms with Gasteiger partial charge in [0.15, 0.2) is 0 Å². The third-order valence-corrected chi connectivity index (χ3v) is 2.76. The van der Waals surface area contributed by atoms with Gasteiger partial charge in [0.1, 0.15) is 12.2 Å². The Bertz CT molecular complexity index is 541. The normalized spacial score (nSPS) is 25.3. The molecule has 0 saturated carbocycles. The summed E-state index contributed by atoms with van der Waals surface area (Å²) in [6, 6.07) is 8.15. The first kappa shape index (κ1) is 14.0. The number of ether oxygens (including phenoxy) is 1. The van der Waals surface area contributed by atoms with Crippen LogP contribution in [0.15, 0.2) is 42.2 Å². The van der Waals surface area contributed by atoms with E-state index in [9.17, 15) is 19.8 Å². The zero-order valence-electron chi connectivity index (χ0n) is 10.3. The Morgan fingerprint density at radius 2 is 1.80 bits per heavy atom. The fraction of sp³-hybridized carbons (Fsp3) is 0.231. The predicted octanol–water partition coefficient (Wildman–Crippen LogP) is -0.537. The molecule has 7 heteroatoms. The van der Waals surface area contributed by atoms with Crippen LogP contribution in [-0.4, -0.2) is 45.6 Å². The third-order valence-electron chi connectivity index (χ3n) is 2.76. The Labute approximate surface area is 114 Å². The van der Waals surface area contributed by atoms with Crippen LogP contribution >= 0.6 is 0 Å². The lowest BCUT2D eigenvalue weighted by atomic mass is 10.1. The van der Waals surface area contributed by atoms with Gasteiger partial charge in [-0.2, -0.15) is 0 Å². The second-order valence-corrected chi connectivity index (χ2v) is 4.20. The van der Waals surface area contributed by atoms with E-state index in [1.54, 1.807) is 30.3 Å². The van der Waals surface area contributed by atoms with Gasteiger partial charge in [0.25, 0.3) is 5.91 Å². The number of hydrogen-bond donors (Lipinski definition) is 4. The number of aliphatic hydroxyl groups excluding tert-OH is 2. The van der Waals surface area contributed by atoms with Crippen molar-refractivity contribution in [3.05, 3.63) is 47.7 Å². The standard InChI is InChI=1S/C13H13NO6/c15-8-6-9(13(18)19)20-12(10(8)16)14-11(17)7-4-2-1-3-5-7/h1-6,8,10,12,15-16H,(H,14,17)(H,18,19)/t8-,10+,12?/m0/s1. The molecule has 0 radical (unpaired) electrons. The number of nitrogens with one attached hydrogen (secondary N) is 1. The van der Waals surface area contributed by atoms with Crippen LogP contribution in [0.4, 0.5) is 0 Å². The molecule has 2 rings (SSSR count). The number of rotatable bonds is 3. The smallest absolute Gasteiger partial charge is 0.371 e. The van der Waals surface area contributed by atoms with Crippen LogP contribution in [0, 0.1) is 0 Å². The van der Waals surface area contributed by atoms with Gasteiger partial charge in [-0.05, 0) is 18.2 Å². The summed E-state index contributed by atoms with van der Waals surface area (Å²) in [5, 5.41) is 30.4. The van der Waals surface area contributed by atoms with Crippen LogP contribution in [0.3, 0.4) is 0 Å². The summed E-state index contributed by atoms with van der Waals surface area (Å²) in [4.78, 5) is 22.7. The van der Waals surface area contributed by atoms with Crippen molar-refractivity contribution in [3.8, 4) is 0 Å². The van der Waals surface area contributed by atoms with Gasteiger partial charge < -0.3 is 25.4 Å². The lowest BCUT2D eigenvalue weighted by Gasteiger charge is -2.31. The van der Waals surface area contributed by atoms with E-state index in [0.29, 0.717) is 5.56 Å². The van der Waals surface area contributed by atoms with Crippen molar-refractivity contribution < 1.29 is 29.6 Å². The Balaban J connectivity index is 2.11. The van der Waals surface area contributed by atoms with Crippen molar-refractivity contribution in [1.82, 2.24) is 5.32 Å². The zero-order valence-corrected chi connectivity index (χ0v) is 10.3. The fourth-order valence-corrected chi connectivity index (χ4v) is 1.72. The molecule has 1 aromatic rings. The summed E-state index contributed by atoms with van der Waals surface area (Å²) in [6.07, 6.45) is -3.35. The summed E-state index contributed by atoms with van der Waals surface area (Å²) in [5.41, 5.74) is 0.323. The summed E-state index contributed by atoms with van der Waals surface area (Å²) >= 11 is 0. The van der Waals surface area contributed by atoms with E-state index >= 15 is 0 Å². The molecule has 106 valence electrons. The van der Waals surface area contributed by atoms with Gasteiger partial charge in [-0.25, -0.2) is 4.79 Å². The maximum atomic E-state index is 11.9. The van der Waals surface area contributed by atoms with Crippen molar-refractivity contribution in [2.75, 3.05) is 0 Å². The lowest BCUT2D eigenvalue weighted by Crippen LogP contribution is -2.52. The molecule has 4 N–H and O–H groups in total. The molecule has 1 aliphatic rings. The molecule has 0 saturated heterocycles. The topological polar surface area (TPSA) is 116 Å². The highest BCUT2D eigenvalue weighted by Crippen LogP contribution is 2.17. The van der Waals surface area contributed by atoms with Crippen molar-refractivity contribution in [3.63, 3.8) is 0 Å². The second kappa shape index (κ2) is 5.72. The minimum atomic E-state index is -1.45. The first-order valence-corrected chi connectivity index (χ1v) is 5.83. The molecule has 1 aromatic carbocycles. The molecule has 0 fully saturated rings. The molecular weight excluding hydrogens is 266 g/mol. The summed E-state index contributed by atoms with van der Waals surface area (Å²) < 4.78 is 4.94. The number of amides is 1. The third kappa shape index (κ3) is 2.95. The molecule has 1 heterocycles. The molecule has 1 unspecified atom stereocenters. The molecule has 0 spiro atoms. The second-order valence-electron chi connectivity index (χ2n) is 4.20. The van der Waals surface area contributed by atoms with Crippen LogP contribution in [0.25, 0.3) is 0 Å². The van der Waals surface area contributed by atoms with E-state index in [0.717, 1.165) is 6.08 Å². The molecule has 1 aliphatic heterocycles. The molecular formula is C13H13NO6. The number of carbonyl (C=O) groups excluding carboxylic acids is 1. The van der Waals surface area contributed by atoms with Crippen LogP contribution in [0.1, 0.15) is 10.4 Å². The average Bonchev–Trinajstić information content (AvgIpc) is 2.44. The number of hydrogen-bond acceptors (Lipinski definition) is 5. The minimum Gasteiger partial charge on any atom is -0.475 e. The first-order valence-electron chi connectivity index (χ1n) is 5.83. The van der Waals surface area contributed by atoms with Crippen LogP contribution in [-0.2, 0) is 9.53 Å². The molecule has 0 bridgehead atoms. The number of benzene rings is 1. The van der Waals surface area contributed by atoms with E-state index in [1.165, 1.54) is 0 Å². The van der Waals surface area contributed by atoms with Gasteiger partial charge >= 0.3 is 5.97 Å². The van der Waals surface area contributed by atoms with E-state index in [-0.39, 0.29) is 0 Å². The van der Waals surface area contributed by atoms with Crippen molar-refractivity contribution in [2.24, 2.45) is 0 Å². The highest BCUT2D eigenvalue weighted by atomic mass is 16.5. The summed E-state index contributed by atoms with van der Waals surface area (Å²) in [5.74, 6) is -2.47. The number of carboxylic acid groups (broad SMARTS) is 1. The highest BCUT2D eigenvalue weighted by molar-refractivity contribution is 5.94. The van der Waals surface area contributed by atoms with Gasteiger partial charge in [-0.15, -0.1) is 0 Å². The molecule has 3 atom stereocenters. The van der Waals surface area contributed by atoms with Gasteiger partial charge in [0, 0.05) is 5.56 Å². The molecule has 1 amide bonds. The van der Waals surface area contributed by atoms with Crippen LogP contribution < -0.4 is 5.32 Å². The monoisotopic (exact) mass is 279 g/mol. The predicted molar refractivity (Wildman–Crippen MR) is 66.5 cm³/mol. The summed E-state index contributed by atoms with van der Waals surface area (Å²) in [7, 11) is 0. The van der Waals surface area contributed by atoms with Gasteiger partial charge in [-0.3, -0.25) is 4.79 Å². The maximum Gasteiger partial charge on any atom is 0.371 e. The van der Waals surface area contributed by atoms with Crippen molar-refractivity contribution in [2.45, 2.75) is 18.4 Å². The zero-order chi connectivity index (χ0) is 14.7. The quantitative estimate of drug-likeness (QED) is 0.590. The van der Waals surface area contributed by atoms with Crippen molar-refractivity contribution in [1.29, 1.82) is 0 Å². The largest absolute Gasteiger partial charge is 0.475 e.